The maximum atomic E-state index is 11.4. The molecule has 0 radical (unpaired) electrons. The van der Waals surface area contributed by atoms with Gasteiger partial charge in [-0.3, -0.25) is 4.79 Å². The Bertz CT molecular complexity index is 374. The highest BCUT2D eigenvalue weighted by molar-refractivity contribution is 6.01. The van der Waals surface area contributed by atoms with Gasteiger partial charge in [0.05, 0.1) is 18.7 Å². The largest absolute Gasteiger partial charge is 0.494 e. The average Bonchev–Trinajstić information content (AvgIpc) is 2.45. The third-order valence-corrected chi connectivity index (χ3v) is 2.44. The molecule has 3 nitrogen and oxygen atoms in total. The molecule has 0 spiro atoms. The molecular weight excluding hydrogens is 178 g/mol. The van der Waals surface area contributed by atoms with Crippen LogP contribution in [0.25, 0.3) is 0 Å². The minimum absolute atomic E-state index is 0.147. The van der Waals surface area contributed by atoms with Crippen LogP contribution in [0.15, 0.2) is 18.2 Å². The topological polar surface area (TPSA) is 29.5 Å². The highest BCUT2D eigenvalue weighted by atomic mass is 16.5. The molecule has 0 saturated heterocycles. The van der Waals surface area contributed by atoms with Crippen molar-refractivity contribution in [3.63, 3.8) is 0 Å². The normalized spacial score (nSPS) is 14.4. The molecule has 0 fully saturated rings. The Balaban J connectivity index is 2.36. The molecule has 2 rings (SSSR count). The fourth-order valence-corrected chi connectivity index (χ4v) is 1.68. The second-order valence-electron chi connectivity index (χ2n) is 3.35. The van der Waals surface area contributed by atoms with Crippen molar-refractivity contribution >= 4 is 11.6 Å². The van der Waals surface area contributed by atoms with Crippen LogP contribution in [0.3, 0.4) is 0 Å². The standard InChI is InChI=1S/C11H13NO2/c1-3-14-9-5-4-8-6-11(13)12(2)10(8)7-9/h4-5,7H,3,6H2,1-2H3. The summed E-state index contributed by atoms with van der Waals surface area (Å²) in [6.45, 7) is 2.60. The molecule has 1 aromatic rings. The zero-order chi connectivity index (χ0) is 10.1. The molecule has 1 aliphatic heterocycles. The number of carbonyl (C=O) groups is 1. The van der Waals surface area contributed by atoms with Crippen LogP contribution in [-0.4, -0.2) is 19.6 Å². The number of ether oxygens (including phenoxy) is 1. The van der Waals surface area contributed by atoms with E-state index in [0.717, 1.165) is 17.0 Å². The lowest BCUT2D eigenvalue weighted by molar-refractivity contribution is -0.117. The van der Waals surface area contributed by atoms with Crippen molar-refractivity contribution in [3.05, 3.63) is 23.8 Å². The monoisotopic (exact) mass is 191 g/mol. The van der Waals surface area contributed by atoms with Crippen LogP contribution in [0.5, 0.6) is 5.75 Å². The summed E-state index contributed by atoms with van der Waals surface area (Å²) < 4.78 is 5.38. The van der Waals surface area contributed by atoms with Gasteiger partial charge in [0.15, 0.2) is 0 Å². The molecule has 0 bridgehead atoms. The zero-order valence-electron chi connectivity index (χ0n) is 8.41. The molecule has 0 aliphatic carbocycles. The van der Waals surface area contributed by atoms with Gasteiger partial charge in [-0.15, -0.1) is 0 Å². The lowest BCUT2D eigenvalue weighted by atomic mass is 10.1. The van der Waals surface area contributed by atoms with Crippen LogP contribution in [0, 0.1) is 0 Å². The first-order chi connectivity index (χ1) is 6.72. The number of nitrogens with zero attached hydrogens (tertiary/aromatic N) is 1. The van der Waals surface area contributed by atoms with E-state index in [4.69, 9.17) is 4.74 Å². The second kappa shape index (κ2) is 3.33. The summed E-state index contributed by atoms with van der Waals surface area (Å²) in [6, 6.07) is 5.79. The van der Waals surface area contributed by atoms with Gasteiger partial charge in [-0.1, -0.05) is 6.07 Å². The van der Waals surface area contributed by atoms with E-state index in [0.29, 0.717) is 13.0 Å². The van der Waals surface area contributed by atoms with Crippen molar-refractivity contribution in [3.8, 4) is 5.75 Å². The van der Waals surface area contributed by atoms with E-state index in [2.05, 4.69) is 0 Å². The maximum absolute atomic E-state index is 11.4. The summed E-state index contributed by atoms with van der Waals surface area (Å²) in [5, 5.41) is 0. The van der Waals surface area contributed by atoms with Crippen molar-refractivity contribution in [1.82, 2.24) is 0 Å². The molecule has 3 heteroatoms. The highest BCUT2D eigenvalue weighted by Gasteiger charge is 2.23. The van der Waals surface area contributed by atoms with Gasteiger partial charge in [-0.05, 0) is 18.6 Å². The number of anilines is 1. The van der Waals surface area contributed by atoms with Crippen LogP contribution in [0.2, 0.25) is 0 Å². The minimum Gasteiger partial charge on any atom is -0.494 e. The Kier molecular flexibility index (Phi) is 2.15. The van der Waals surface area contributed by atoms with Crippen LogP contribution in [-0.2, 0) is 11.2 Å². The lowest BCUT2D eigenvalue weighted by Gasteiger charge is -2.11. The van der Waals surface area contributed by atoms with Crippen molar-refractivity contribution in [1.29, 1.82) is 0 Å². The predicted octanol–water partition coefficient (Wildman–Crippen LogP) is 1.60. The first kappa shape index (κ1) is 9.06. The van der Waals surface area contributed by atoms with Crippen molar-refractivity contribution in [2.24, 2.45) is 0 Å². The van der Waals surface area contributed by atoms with Crippen LogP contribution in [0.4, 0.5) is 5.69 Å². The van der Waals surface area contributed by atoms with Gasteiger partial charge in [-0.25, -0.2) is 0 Å². The third-order valence-electron chi connectivity index (χ3n) is 2.44. The van der Waals surface area contributed by atoms with Crippen molar-refractivity contribution in [2.45, 2.75) is 13.3 Å². The highest BCUT2D eigenvalue weighted by Crippen LogP contribution is 2.31. The molecule has 1 aliphatic rings. The van der Waals surface area contributed by atoms with Crippen molar-refractivity contribution < 1.29 is 9.53 Å². The molecule has 0 saturated carbocycles. The number of fused-ring (bicyclic) bond motifs is 1. The number of hydrogen-bond donors (Lipinski definition) is 0. The van der Waals surface area contributed by atoms with Gasteiger partial charge in [-0.2, -0.15) is 0 Å². The van der Waals surface area contributed by atoms with Crippen LogP contribution < -0.4 is 9.64 Å². The summed E-state index contributed by atoms with van der Waals surface area (Å²) in [5.41, 5.74) is 2.06. The zero-order valence-corrected chi connectivity index (χ0v) is 8.41. The van der Waals surface area contributed by atoms with E-state index < -0.39 is 0 Å². The van der Waals surface area contributed by atoms with Crippen LogP contribution >= 0.6 is 0 Å². The lowest BCUT2D eigenvalue weighted by Crippen LogP contribution is -2.20. The molecular formula is C11H13NO2. The van der Waals surface area contributed by atoms with Gasteiger partial charge in [0.25, 0.3) is 0 Å². The first-order valence-corrected chi connectivity index (χ1v) is 4.74. The Morgan fingerprint density at radius 2 is 2.29 bits per heavy atom. The number of amides is 1. The number of likely N-dealkylation sites (N-methyl/N-ethyl adjacent to an activating group) is 1. The van der Waals surface area contributed by atoms with E-state index in [1.165, 1.54) is 0 Å². The number of rotatable bonds is 2. The average molecular weight is 191 g/mol. The van der Waals surface area contributed by atoms with Gasteiger partial charge in [0, 0.05) is 13.1 Å². The summed E-state index contributed by atoms with van der Waals surface area (Å²) in [5.74, 6) is 0.974. The first-order valence-electron chi connectivity index (χ1n) is 4.74. The molecule has 0 atom stereocenters. The molecule has 0 N–H and O–H groups in total. The molecule has 0 unspecified atom stereocenters. The van der Waals surface area contributed by atoms with E-state index in [-0.39, 0.29) is 5.91 Å². The van der Waals surface area contributed by atoms with E-state index in [9.17, 15) is 4.79 Å². The summed E-state index contributed by atoms with van der Waals surface area (Å²) in [4.78, 5) is 13.1. The predicted molar refractivity (Wildman–Crippen MR) is 54.7 cm³/mol. The molecule has 74 valence electrons. The van der Waals surface area contributed by atoms with Gasteiger partial charge in [0.2, 0.25) is 5.91 Å². The van der Waals surface area contributed by atoms with Gasteiger partial charge >= 0.3 is 0 Å². The van der Waals surface area contributed by atoms with Crippen LogP contribution in [0.1, 0.15) is 12.5 Å². The van der Waals surface area contributed by atoms with Gasteiger partial charge < -0.3 is 9.64 Å². The summed E-state index contributed by atoms with van der Waals surface area (Å²) in [7, 11) is 1.80. The Labute approximate surface area is 83.3 Å². The number of benzene rings is 1. The molecule has 14 heavy (non-hydrogen) atoms. The number of carbonyl (C=O) groups excluding carboxylic acids is 1. The van der Waals surface area contributed by atoms with Crippen molar-refractivity contribution in [2.75, 3.05) is 18.6 Å². The van der Waals surface area contributed by atoms with E-state index in [1.54, 1.807) is 11.9 Å². The third kappa shape index (κ3) is 1.35. The van der Waals surface area contributed by atoms with E-state index >= 15 is 0 Å². The Morgan fingerprint density at radius 3 is 3.00 bits per heavy atom. The van der Waals surface area contributed by atoms with Gasteiger partial charge in [0.1, 0.15) is 5.75 Å². The molecule has 1 amide bonds. The Morgan fingerprint density at radius 1 is 1.50 bits per heavy atom. The molecule has 0 aromatic heterocycles. The fraction of sp³-hybridized carbons (Fsp3) is 0.364. The maximum Gasteiger partial charge on any atom is 0.231 e. The minimum atomic E-state index is 0.147. The fourth-order valence-electron chi connectivity index (χ4n) is 1.68. The van der Waals surface area contributed by atoms with E-state index in [1.807, 2.05) is 25.1 Å². The Hall–Kier alpha value is -1.51. The molecule has 1 aromatic carbocycles. The second-order valence-corrected chi connectivity index (χ2v) is 3.35. The number of hydrogen-bond acceptors (Lipinski definition) is 2. The SMILES string of the molecule is CCOc1ccc2c(c1)N(C)C(=O)C2. The quantitative estimate of drug-likeness (QED) is 0.710. The summed E-state index contributed by atoms with van der Waals surface area (Å²) in [6.07, 6.45) is 0.512. The smallest absolute Gasteiger partial charge is 0.231 e. The molecule has 1 heterocycles. The summed E-state index contributed by atoms with van der Waals surface area (Å²) >= 11 is 0.